The predicted octanol–water partition coefficient (Wildman–Crippen LogP) is 7.93. The van der Waals surface area contributed by atoms with Crippen molar-refractivity contribution in [2.75, 3.05) is 0 Å². The summed E-state index contributed by atoms with van der Waals surface area (Å²) >= 11 is 0. The molecule has 0 aliphatic rings. The van der Waals surface area contributed by atoms with E-state index < -0.39 is 17.5 Å². The second-order valence-electron chi connectivity index (χ2n) is 7.32. The Bertz CT molecular complexity index is 1140. The van der Waals surface area contributed by atoms with Gasteiger partial charge in [0.15, 0.2) is 0 Å². The van der Waals surface area contributed by atoms with Gasteiger partial charge in [-0.2, -0.15) is 0 Å². The number of fused-ring (bicyclic) bond motifs is 1. The Morgan fingerprint density at radius 1 is 0.655 bits per heavy atom. The highest BCUT2D eigenvalue weighted by Crippen LogP contribution is 2.32. The molecule has 0 nitrogen and oxygen atoms in total. The molecule has 0 spiro atoms. The van der Waals surface area contributed by atoms with Crippen LogP contribution in [0, 0.1) is 17.5 Å². The van der Waals surface area contributed by atoms with E-state index in [1.807, 2.05) is 12.1 Å². The Morgan fingerprint density at radius 3 is 2.03 bits per heavy atom. The van der Waals surface area contributed by atoms with Crippen molar-refractivity contribution in [2.24, 2.45) is 0 Å². The molecule has 0 aromatic heterocycles. The maximum atomic E-state index is 15.1. The second-order valence-corrected chi connectivity index (χ2v) is 7.32. The molecule has 0 unspecified atom stereocenters. The van der Waals surface area contributed by atoms with Gasteiger partial charge in [0.2, 0.25) is 0 Å². The zero-order chi connectivity index (χ0) is 20.4. The predicted molar refractivity (Wildman–Crippen MR) is 113 cm³/mol. The van der Waals surface area contributed by atoms with Crippen LogP contribution in [0.3, 0.4) is 0 Å². The molecule has 146 valence electrons. The van der Waals surface area contributed by atoms with E-state index in [-0.39, 0.29) is 11.1 Å². The third-order valence-electron chi connectivity index (χ3n) is 5.23. The van der Waals surface area contributed by atoms with Crippen LogP contribution in [-0.2, 0) is 6.42 Å². The van der Waals surface area contributed by atoms with Gasteiger partial charge in [-0.25, -0.2) is 13.2 Å². The minimum atomic E-state index is -0.725. The van der Waals surface area contributed by atoms with Crippen LogP contribution in [-0.4, -0.2) is 0 Å². The summed E-state index contributed by atoms with van der Waals surface area (Å²) < 4.78 is 42.1. The summed E-state index contributed by atoms with van der Waals surface area (Å²) in [6, 6.07) is 20.4. The molecule has 0 fully saturated rings. The van der Waals surface area contributed by atoms with Gasteiger partial charge in [0, 0.05) is 17.0 Å². The molecule has 0 bridgehead atoms. The van der Waals surface area contributed by atoms with Crippen molar-refractivity contribution in [3.63, 3.8) is 0 Å². The van der Waals surface area contributed by atoms with Crippen LogP contribution >= 0.6 is 0 Å². The van der Waals surface area contributed by atoms with Gasteiger partial charge in [0.05, 0.1) is 0 Å². The zero-order valence-electron chi connectivity index (χ0n) is 16.2. The summed E-state index contributed by atoms with van der Waals surface area (Å²) in [5, 5.41) is 1.17. The van der Waals surface area contributed by atoms with Gasteiger partial charge >= 0.3 is 0 Å². The van der Waals surface area contributed by atoms with Crippen LogP contribution in [0.25, 0.3) is 33.0 Å². The molecule has 0 heterocycles. The van der Waals surface area contributed by atoms with E-state index in [0.717, 1.165) is 41.1 Å². The quantitative estimate of drug-likeness (QED) is 0.324. The Kier molecular flexibility index (Phi) is 5.39. The molecule has 29 heavy (non-hydrogen) atoms. The summed E-state index contributed by atoms with van der Waals surface area (Å²) in [5.74, 6) is -1.93. The number of rotatable bonds is 5. The fourth-order valence-corrected chi connectivity index (χ4v) is 3.65. The minimum Gasteiger partial charge on any atom is -0.207 e. The topological polar surface area (TPSA) is 0 Å². The fourth-order valence-electron chi connectivity index (χ4n) is 3.65. The number of halogens is 3. The third-order valence-corrected chi connectivity index (χ3v) is 5.23. The number of benzene rings is 4. The number of hydrogen-bond acceptors (Lipinski definition) is 0. The van der Waals surface area contributed by atoms with Gasteiger partial charge in [-0.3, -0.25) is 0 Å². The van der Waals surface area contributed by atoms with Crippen LogP contribution in [0.4, 0.5) is 13.2 Å². The minimum absolute atomic E-state index is 0.184. The van der Waals surface area contributed by atoms with Gasteiger partial charge in [-0.05, 0) is 58.7 Å². The summed E-state index contributed by atoms with van der Waals surface area (Å²) in [6.07, 6.45) is 3.41. The largest absolute Gasteiger partial charge is 0.207 e. The zero-order valence-corrected chi connectivity index (χ0v) is 16.2. The van der Waals surface area contributed by atoms with Gasteiger partial charge < -0.3 is 0 Å². The van der Waals surface area contributed by atoms with Crippen LogP contribution in [0.2, 0.25) is 0 Å². The maximum absolute atomic E-state index is 15.1. The van der Waals surface area contributed by atoms with Crippen molar-refractivity contribution in [3.05, 3.63) is 95.8 Å². The molecular formula is C26H21F3. The standard InChI is InChI=1S/C26H21F3/c1-2-3-4-17-5-7-18(8-6-17)19-9-11-24-20(13-19)10-12-25(26(24)29)21-14-22(27)16-23(28)15-21/h5-16H,2-4H2,1H3. The first-order valence-corrected chi connectivity index (χ1v) is 9.83. The average molecular weight is 390 g/mol. The number of aryl methyl sites for hydroxylation is 1. The lowest BCUT2D eigenvalue weighted by molar-refractivity contribution is 0.583. The van der Waals surface area contributed by atoms with Crippen molar-refractivity contribution in [2.45, 2.75) is 26.2 Å². The molecule has 0 aliphatic carbocycles. The highest BCUT2D eigenvalue weighted by atomic mass is 19.1. The Hall–Kier alpha value is -3.07. The fraction of sp³-hybridized carbons (Fsp3) is 0.154. The molecule has 4 aromatic carbocycles. The molecule has 3 heteroatoms. The second kappa shape index (κ2) is 8.12. The Balaban J connectivity index is 1.70. The summed E-state index contributed by atoms with van der Waals surface area (Å²) in [6.45, 7) is 2.18. The van der Waals surface area contributed by atoms with Gasteiger partial charge in [0.1, 0.15) is 17.5 Å². The van der Waals surface area contributed by atoms with Crippen molar-refractivity contribution in [1.29, 1.82) is 0 Å². The number of unbranched alkanes of at least 4 members (excludes halogenated alkanes) is 1. The number of hydrogen-bond donors (Lipinski definition) is 0. The van der Waals surface area contributed by atoms with Crippen LogP contribution in [0.1, 0.15) is 25.3 Å². The van der Waals surface area contributed by atoms with Crippen LogP contribution < -0.4 is 0 Å². The highest BCUT2D eigenvalue weighted by molar-refractivity contribution is 5.91. The lowest BCUT2D eigenvalue weighted by atomic mass is 9.96. The molecular weight excluding hydrogens is 369 g/mol. The highest BCUT2D eigenvalue weighted by Gasteiger charge is 2.12. The summed E-state index contributed by atoms with van der Waals surface area (Å²) in [4.78, 5) is 0. The van der Waals surface area contributed by atoms with E-state index in [9.17, 15) is 8.78 Å². The van der Waals surface area contributed by atoms with E-state index in [1.165, 1.54) is 18.4 Å². The first kappa shape index (κ1) is 19.3. The Labute approximate surface area is 168 Å². The SMILES string of the molecule is CCCCc1ccc(-c2ccc3c(F)c(-c4cc(F)cc(F)c4)ccc3c2)cc1. The van der Waals surface area contributed by atoms with Gasteiger partial charge in [-0.1, -0.05) is 61.9 Å². The smallest absolute Gasteiger partial charge is 0.138 e. The molecule has 0 amide bonds. The lowest BCUT2D eigenvalue weighted by Gasteiger charge is -2.10. The third kappa shape index (κ3) is 4.04. The van der Waals surface area contributed by atoms with E-state index >= 15 is 4.39 Å². The van der Waals surface area contributed by atoms with Crippen molar-refractivity contribution in [3.8, 4) is 22.3 Å². The van der Waals surface area contributed by atoms with Crippen LogP contribution in [0.15, 0.2) is 72.8 Å². The molecule has 0 saturated carbocycles. The van der Waals surface area contributed by atoms with Crippen LogP contribution in [0.5, 0.6) is 0 Å². The first-order chi connectivity index (χ1) is 14.0. The first-order valence-electron chi connectivity index (χ1n) is 9.83. The molecule has 0 saturated heterocycles. The van der Waals surface area contributed by atoms with Crippen molar-refractivity contribution >= 4 is 10.8 Å². The lowest BCUT2D eigenvalue weighted by Crippen LogP contribution is -1.90. The average Bonchev–Trinajstić information content (AvgIpc) is 2.72. The summed E-state index contributed by atoms with van der Waals surface area (Å²) in [7, 11) is 0. The summed E-state index contributed by atoms with van der Waals surface area (Å²) in [5.41, 5.74) is 3.76. The Morgan fingerprint density at radius 2 is 1.34 bits per heavy atom. The monoisotopic (exact) mass is 390 g/mol. The molecule has 0 N–H and O–H groups in total. The van der Waals surface area contributed by atoms with Gasteiger partial charge in [-0.15, -0.1) is 0 Å². The van der Waals surface area contributed by atoms with Crippen molar-refractivity contribution < 1.29 is 13.2 Å². The normalized spacial score (nSPS) is 11.2. The van der Waals surface area contributed by atoms with E-state index in [1.54, 1.807) is 18.2 Å². The van der Waals surface area contributed by atoms with E-state index in [0.29, 0.717) is 5.39 Å². The molecule has 0 aliphatic heterocycles. The maximum Gasteiger partial charge on any atom is 0.138 e. The molecule has 0 radical (unpaired) electrons. The van der Waals surface area contributed by atoms with E-state index in [4.69, 9.17) is 0 Å². The van der Waals surface area contributed by atoms with Gasteiger partial charge in [0.25, 0.3) is 0 Å². The molecule has 4 rings (SSSR count). The molecule has 0 atom stereocenters. The molecule has 4 aromatic rings. The van der Waals surface area contributed by atoms with Crippen molar-refractivity contribution in [1.82, 2.24) is 0 Å². The van der Waals surface area contributed by atoms with E-state index in [2.05, 4.69) is 31.2 Å².